The summed E-state index contributed by atoms with van der Waals surface area (Å²) in [6.45, 7) is 0.532. The van der Waals surface area contributed by atoms with Gasteiger partial charge in [-0.25, -0.2) is 4.79 Å². The van der Waals surface area contributed by atoms with Gasteiger partial charge in [-0.05, 0) is 43.2 Å². The maximum absolute atomic E-state index is 12.7. The van der Waals surface area contributed by atoms with Crippen molar-refractivity contribution in [1.82, 2.24) is 15.5 Å². The highest BCUT2D eigenvalue weighted by Crippen LogP contribution is 2.31. The number of halogens is 2. The minimum atomic E-state index is -0.642. The van der Waals surface area contributed by atoms with Crippen molar-refractivity contribution in [3.05, 3.63) is 46.6 Å². The lowest BCUT2D eigenvalue weighted by atomic mass is 10.0. The van der Waals surface area contributed by atoms with Gasteiger partial charge in [0.2, 0.25) is 5.91 Å². The number of hydrogen-bond donors (Lipinski definition) is 2. The van der Waals surface area contributed by atoms with E-state index < -0.39 is 12.1 Å². The number of carbonyl (C=O) groups is 2. The molecule has 1 aliphatic heterocycles. The van der Waals surface area contributed by atoms with Gasteiger partial charge in [0.1, 0.15) is 6.04 Å². The Morgan fingerprint density at radius 3 is 2.84 bits per heavy atom. The van der Waals surface area contributed by atoms with E-state index in [4.69, 9.17) is 23.2 Å². The number of amides is 3. The molecule has 3 amide bonds. The fraction of sp³-hybridized carbons (Fsp3) is 0.250. The molecule has 2 aromatic rings. The topological polar surface area (TPSA) is 87.2 Å². The molecule has 1 unspecified atom stereocenters. The molecule has 2 heterocycles. The van der Waals surface area contributed by atoms with Gasteiger partial charge in [0.15, 0.2) is 5.82 Å². The van der Waals surface area contributed by atoms with Crippen LogP contribution in [0.2, 0.25) is 10.0 Å². The molecule has 1 aromatic carbocycles. The van der Waals surface area contributed by atoms with Crippen molar-refractivity contribution in [2.45, 2.75) is 18.9 Å². The number of urea groups is 1. The monoisotopic (exact) mass is 379 g/mol. The van der Waals surface area contributed by atoms with E-state index in [1.165, 1.54) is 6.20 Å². The van der Waals surface area contributed by atoms with Crippen molar-refractivity contribution in [2.24, 2.45) is 0 Å². The van der Waals surface area contributed by atoms with Gasteiger partial charge < -0.3 is 10.2 Å². The fourth-order valence-electron chi connectivity index (χ4n) is 2.63. The molecule has 0 saturated carbocycles. The average Bonchev–Trinajstić information content (AvgIpc) is 2.58. The third-order valence-corrected chi connectivity index (χ3v) is 4.30. The quantitative estimate of drug-likeness (QED) is 0.857. The number of carbonyl (C=O) groups excluding carboxylic acids is 2. The first-order valence-corrected chi connectivity index (χ1v) is 8.42. The predicted molar refractivity (Wildman–Crippen MR) is 96.0 cm³/mol. The normalized spacial score (nSPS) is 17.3. The van der Waals surface area contributed by atoms with E-state index in [2.05, 4.69) is 20.8 Å². The zero-order valence-corrected chi connectivity index (χ0v) is 14.6. The minimum Gasteiger partial charge on any atom is -0.326 e. The molecule has 0 radical (unpaired) electrons. The molecule has 1 atom stereocenters. The zero-order chi connectivity index (χ0) is 17.8. The van der Waals surface area contributed by atoms with Crippen LogP contribution in [0.4, 0.5) is 16.3 Å². The molecule has 7 nitrogen and oxygen atoms in total. The van der Waals surface area contributed by atoms with Gasteiger partial charge in [-0.15, -0.1) is 5.10 Å². The second-order valence-corrected chi connectivity index (χ2v) is 6.33. The van der Waals surface area contributed by atoms with Gasteiger partial charge in [0, 0.05) is 17.8 Å². The van der Waals surface area contributed by atoms with E-state index in [0.29, 0.717) is 34.5 Å². The van der Waals surface area contributed by atoms with Gasteiger partial charge >= 0.3 is 6.03 Å². The van der Waals surface area contributed by atoms with Crippen LogP contribution in [-0.2, 0) is 4.79 Å². The number of aromatic nitrogens is 2. The Balaban J connectivity index is 1.68. The summed E-state index contributed by atoms with van der Waals surface area (Å²) in [7, 11) is 0. The minimum absolute atomic E-state index is 0.218. The van der Waals surface area contributed by atoms with Gasteiger partial charge in [0.05, 0.1) is 10.7 Å². The van der Waals surface area contributed by atoms with Crippen molar-refractivity contribution in [2.75, 3.05) is 16.8 Å². The molecular weight excluding hydrogens is 365 g/mol. The summed E-state index contributed by atoms with van der Waals surface area (Å²) in [5, 5.41) is 13.5. The predicted octanol–water partition coefficient (Wildman–Crippen LogP) is 3.10. The maximum atomic E-state index is 12.7. The van der Waals surface area contributed by atoms with E-state index in [9.17, 15) is 9.59 Å². The number of nitrogens with one attached hydrogen (secondary N) is 2. The number of rotatable bonds is 3. The molecule has 0 aliphatic carbocycles. The van der Waals surface area contributed by atoms with E-state index in [-0.39, 0.29) is 5.91 Å². The molecule has 1 aromatic heterocycles. The van der Waals surface area contributed by atoms with Gasteiger partial charge in [0.25, 0.3) is 0 Å². The Hall–Kier alpha value is -2.38. The van der Waals surface area contributed by atoms with Crippen molar-refractivity contribution in [1.29, 1.82) is 0 Å². The van der Waals surface area contributed by atoms with E-state index in [0.717, 1.165) is 6.42 Å². The summed E-state index contributed by atoms with van der Waals surface area (Å²) < 4.78 is 0. The van der Waals surface area contributed by atoms with E-state index >= 15 is 0 Å². The van der Waals surface area contributed by atoms with Crippen molar-refractivity contribution in [3.63, 3.8) is 0 Å². The van der Waals surface area contributed by atoms with Crippen LogP contribution in [0.5, 0.6) is 0 Å². The SMILES string of the molecule is O=C(Nc1cccnn1)NC1CCCN(c2ccc(Cl)cc2Cl)C1=O. The highest BCUT2D eigenvalue weighted by molar-refractivity contribution is 6.36. The molecule has 1 aliphatic rings. The lowest BCUT2D eigenvalue weighted by molar-refractivity contribution is -0.121. The van der Waals surface area contributed by atoms with Crippen LogP contribution in [0.15, 0.2) is 36.5 Å². The molecule has 0 spiro atoms. The third-order valence-electron chi connectivity index (χ3n) is 3.76. The number of benzene rings is 1. The largest absolute Gasteiger partial charge is 0.326 e. The van der Waals surface area contributed by atoms with Crippen LogP contribution in [0, 0.1) is 0 Å². The third kappa shape index (κ3) is 4.18. The summed E-state index contributed by atoms with van der Waals surface area (Å²) in [5.41, 5.74) is 0.580. The van der Waals surface area contributed by atoms with Crippen LogP contribution in [0.1, 0.15) is 12.8 Å². The summed E-state index contributed by atoms with van der Waals surface area (Å²) in [5.74, 6) is 0.0885. The molecular formula is C16H15Cl2N5O2. The Labute approximate surface area is 154 Å². The molecule has 1 saturated heterocycles. The van der Waals surface area contributed by atoms with Gasteiger partial charge in [-0.3, -0.25) is 10.1 Å². The van der Waals surface area contributed by atoms with Crippen LogP contribution >= 0.6 is 23.2 Å². The van der Waals surface area contributed by atoms with Crippen LogP contribution in [-0.4, -0.2) is 34.7 Å². The van der Waals surface area contributed by atoms with Crippen molar-refractivity contribution >= 4 is 46.6 Å². The number of piperidine rings is 1. The molecule has 3 rings (SSSR count). The summed E-state index contributed by atoms with van der Waals surface area (Å²) in [4.78, 5) is 26.4. The lowest BCUT2D eigenvalue weighted by Gasteiger charge is -2.33. The van der Waals surface area contributed by atoms with Crippen molar-refractivity contribution in [3.8, 4) is 0 Å². The van der Waals surface area contributed by atoms with E-state index in [1.807, 2.05) is 0 Å². The molecule has 1 fully saturated rings. The number of anilines is 2. The van der Waals surface area contributed by atoms with Crippen LogP contribution in [0.25, 0.3) is 0 Å². The van der Waals surface area contributed by atoms with Crippen molar-refractivity contribution < 1.29 is 9.59 Å². The van der Waals surface area contributed by atoms with E-state index in [1.54, 1.807) is 35.2 Å². The highest BCUT2D eigenvalue weighted by Gasteiger charge is 2.31. The number of nitrogens with zero attached hydrogens (tertiary/aromatic N) is 3. The zero-order valence-electron chi connectivity index (χ0n) is 13.1. The fourth-order valence-corrected chi connectivity index (χ4v) is 3.14. The molecule has 130 valence electrons. The second kappa shape index (κ2) is 7.67. The standard InChI is InChI=1S/C16H15Cl2N5O2/c17-10-5-6-13(11(18)9-10)23-8-2-3-12(15(23)24)20-16(25)21-14-4-1-7-19-22-14/h1,4-7,9,12H,2-3,8H2,(H2,20,21,22,25). The lowest BCUT2D eigenvalue weighted by Crippen LogP contribution is -2.53. The first-order chi connectivity index (χ1) is 12.0. The molecule has 0 bridgehead atoms. The average molecular weight is 380 g/mol. The van der Waals surface area contributed by atoms with Crippen LogP contribution < -0.4 is 15.5 Å². The maximum Gasteiger partial charge on any atom is 0.321 e. The molecule has 25 heavy (non-hydrogen) atoms. The summed E-state index contributed by atoms with van der Waals surface area (Å²) in [6.07, 6.45) is 2.79. The Bertz CT molecular complexity index is 787. The van der Waals surface area contributed by atoms with Gasteiger partial charge in [-0.2, -0.15) is 5.10 Å². The smallest absolute Gasteiger partial charge is 0.321 e. The Kier molecular flexibility index (Phi) is 5.35. The molecule has 9 heteroatoms. The number of hydrogen-bond acceptors (Lipinski definition) is 4. The highest BCUT2D eigenvalue weighted by atomic mass is 35.5. The summed E-state index contributed by atoms with van der Waals surface area (Å²) >= 11 is 12.1. The van der Waals surface area contributed by atoms with Gasteiger partial charge in [-0.1, -0.05) is 23.2 Å². The Morgan fingerprint density at radius 1 is 1.28 bits per heavy atom. The second-order valence-electron chi connectivity index (χ2n) is 5.49. The van der Waals surface area contributed by atoms with Crippen LogP contribution in [0.3, 0.4) is 0 Å². The summed E-state index contributed by atoms with van der Waals surface area (Å²) in [6, 6.07) is 7.07. The Morgan fingerprint density at radius 2 is 2.12 bits per heavy atom. The molecule has 2 N–H and O–H groups in total. The first kappa shape index (κ1) is 17.4. The first-order valence-electron chi connectivity index (χ1n) is 7.66.